The van der Waals surface area contributed by atoms with Crippen molar-refractivity contribution in [3.63, 3.8) is 0 Å². The van der Waals surface area contributed by atoms with Crippen molar-refractivity contribution in [1.29, 1.82) is 0 Å². The second-order valence-corrected chi connectivity index (χ2v) is 16.4. The summed E-state index contributed by atoms with van der Waals surface area (Å²) in [6, 6.07) is 78.9. The Kier molecular flexibility index (Phi) is 6.22. The maximum absolute atomic E-state index is 2.53. The summed E-state index contributed by atoms with van der Waals surface area (Å²) < 4.78 is 7.46. The van der Waals surface area contributed by atoms with E-state index in [1.54, 1.807) is 0 Å². The molecule has 0 unspecified atom stereocenters. The van der Waals surface area contributed by atoms with E-state index in [-0.39, 0.29) is 5.41 Å². The minimum absolute atomic E-state index is 0.386. The fourth-order valence-electron chi connectivity index (χ4n) is 11.5. The van der Waals surface area contributed by atoms with Crippen LogP contribution in [-0.4, -0.2) is 13.5 Å². The molecule has 0 bridgehead atoms. The van der Waals surface area contributed by atoms with Crippen molar-refractivity contribution in [1.82, 2.24) is 13.5 Å². The number of rotatable bonds is 3. The monoisotopic (exact) mass is 761 g/mol. The van der Waals surface area contributed by atoms with Gasteiger partial charge in [0.1, 0.15) is 5.65 Å². The first kappa shape index (κ1) is 32.1. The van der Waals surface area contributed by atoms with Crippen molar-refractivity contribution < 1.29 is 0 Å². The summed E-state index contributed by atoms with van der Waals surface area (Å²) >= 11 is 0. The molecule has 14 rings (SSSR count). The number of imidazole rings is 1. The highest BCUT2D eigenvalue weighted by Gasteiger charge is 2.51. The smallest absolute Gasteiger partial charge is 0.131 e. The highest BCUT2D eigenvalue weighted by atomic mass is 15.1. The summed E-state index contributed by atoms with van der Waals surface area (Å²) in [7, 11) is 0. The minimum atomic E-state index is -0.386. The van der Waals surface area contributed by atoms with Crippen LogP contribution in [-0.2, 0) is 5.41 Å². The van der Waals surface area contributed by atoms with Gasteiger partial charge in [-0.1, -0.05) is 158 Å². The molecule has 2 aliphatic rings. The van der Waals surface area contributed by atoms with E-state index in [9.17, 15) is 0 Å². The van der Waals surface area contributed by atoms with E-state index in [0.717, 1.165) is 11.4 Å². The number of hydrogen-bond acceptors (Lipinski definition) is 0. The Balaban J connectivity index is 1.11. The number of aromatic nitrogens is 3. The van der Waals surface area contributed by atoms with Crippen molar-refractivity contribution in [2.45, 2.75) is 5.41 Å². The van der Waals surface area contributed by atoms with Crippen LogP contribution in [0.25, 0.3) is 94.1 Å². The van der Waals surface area contributed by atoms with Crippen molar-refractivity contribution >= 4 is 49.4 Å². The van der Waals surface area contributed by atoms with Gasteiger partial charge in [-0.3, -0.25) is 8.97 Å². The summed E-state index contributed by atoms with van der Waals surface area (Å²) in [5, 5.41) is 3.74. The van der Waals surface area contributed by atoms with E-state index < -0.39 is 0 Å². The van der Waals surface area contributed by atoms with Crippen LogP contribution < -0.4 is 0 Å². The molecule has 0 aliphatic heterocycles. The predicted molar refractivity (Wildman–Crippen MR) is 248 cm³/mol. The third kappa shape index (κ3) is 3.85. The average Bonchev–Trinajstić information content (AvgIpc) is 4.09. The van der Waals surface area contributed by atoms with Gasteiger partial charge in [0.05, 0.1) is 33.0 Å². The van der Waals surface area contributed by atoms with E-state index >= 15 is 0 Å². The molecule has 0 N–H and O–H groups in total. The molecule has 3 nitrogen and oxygen atoms in total. The standard InChI is InChI=1S/C57H35N3/c1-2-17-36(18-3-1)58-49-28-12-7-22-41(49)54-43(24-16-32-53(54)58)55-42-23-8-13-29-50(42)60-52-31-15-14-30-51(52)59(56(55)60)37-33-34-48-44(35-37)40-21-6-11-27-47(40)57(48)45-25-9-4-19-38(45)39-20-5-10-26-46(39)57/h1-35H. The van der Waals surface area contributed by atoms with Gasteiger partial charge in [0, 0.05) is 33.1 Å². The molecule has 0 saturated carbocycles. The maximum Gasteiger partial charge on any atom is 0.131 e. The fraction of sp³-hybridized carbons (Fsp3) is 0.0175. The summed E-state index contributed by atoms with van der Waals surface area (Å²) in [5.41, 5.74) is 22.2. The Morgan fingerprint density at radius 1 is 0.300 bits per heavy atom. The Labute approximate surface area is 346 Å². The highest BCUT2D eigenvalue weighted by molar-refractivity contribution is 6.21. The molecule has 278 valence electrons. The SMILES string of the molecule is c1ccc(-n2c3ccccc3c3c(-c4c5ccccc5n5c6ccccc6n(-c6ccc7c(c6)-c6ccccc6C76c7ccccc7-c7ccccc76)c45)cccc32)cc1. The molecule has 0 amide bonds. The Bertz CT molecular complexity index is 3740. The largest absolute Gasteiger partial charge is 0.309 e. The van der Waals surface area contributed by atoms with Gasteiger partial charge in [-0.15, -0.1) is 0 Å². The highest BCUT2D eigenvalue weighted by Crippen LogP contribution is 2.63. The molecule has 1 spiro atoms. The third-order valence-corrected chi connectivity index (χ3v) is 13.6. The Morgan fingerprint density at radius 2 is 0.817 bits per heavy atom. The molecule has 3 heterocycles. The molecule has 60 heavy (non-hydrogen) atoms. The molecule has 3 aromatic heterocycles. The zero-order valence-electron chi connectivity index (χ0n) is 32.5. The molecular weight excluding hydrogens is 727 g/mol. The molecular formula is C57H35N3. The summed E-state index contributed by atoms with van der Waals surface area (Å²) in [6.45, 7) is 0. The van der Waals surface area contributed by atoms with Gasteiger partial charge in [0.2, 0.25) is 0 Å². The first-order chi connectivity index (χ1) is 29.8. The number of nitrogens with zero attached hydrogens (tertiary/aromatic N) is 3. The lowest BCUT2D eigenvalue weighted by atomic mass is 9.70. The summed E-state index contributed by atoms with van der Waals surface area (Å²) in [5.74, 6) is 0. The molecule has 12 aromatic rings. The second kappa shape index (κ2) is 11.6. The lowest BCUT2D eigenvalue weighted by Crippen LogP contribution is -2.25. The lowest BCUT2D eigenvalue weighted by molar-refractivity contribution is 0.793. The molecule has 3 heteroatoms. The second-order valence-electron chi connectivity index (χ2n) is 16.4. The van der Waals surface area contributed by atoms with Crippen LogP contribution in [0.3, 0.4) is 0 Å². The molecule has 0 atom stereocenters. The minimum Gasteiger partial charge on any atom is -0.309 e. The maximum atomic E-state index is 2.53. The zero-order chi connectivity index (χ0) is 39.1. The Hall–Kier alpha value is -7.88. The Morgan fingerprint density at radius 3 is 1.53 bits per heavy atom. The number of fused-ring (bicyclic) bond motifs is 18. The molecule has 0 saturated heterocycles. The number of hydrogen-bond donors (Lipinski definition) is 0. The topological polar surface area (TPSA) is 14.3 Å². The first-order valence-corrected chi connectivity index (χ1v) is 20.9. The lowest BCUT2D eigenvalue weighted by Gasteiger charge is -2.30. The predicted octanol–water partition coefficient (Wildman–Crippen LogP) is 14.1. The van der Waals surface area contributed by atoms with E-state index in [4.69, 9.17) is 0 Å². The summed E-state index contributed by atoms with van der Waals surface area (Å²) in [4.78, 5) is 0. The van der Waals surface area contributed by atoms with Crippen LogP contribution in [0, 0.1) is 0 Å². The van der Waals surface area contributed by atoms with Crippen LogP contribution >= 0.6 is 0 Å². The van der Waals surface area contributed by atoms with Crippen molar-refractivity contribution in [2.75, 3.05) is 0 Å². The van der Waals surface area contributed by atoms with Gasteiger partial charge in [-0.2, -0.15) is 0 Å². The summed E-state index contributed by atoms with van der Waals surface area (Å²) in [6.07, 6.45) is 0. The van der Waals surface area contributed by atoms with Crippen LogP contribution in [0.15, 0.2) is 212 Å². The van der Waals surface area contributed by atoms with Crippen molar-refractivity contribution in [2.24, 2.45) is 0 Å². The first-order valence-electron chi connectivity index (χ1n) is 20.9. The number of para-hydroxylation sites is 5. The number of benzene rings is 9. The molecule has 9 aromatic carbocycles. The van der Waals surface area contributed by atoms with E-state index in [1.165, 1.54) is 105 Å². The van der Waals surface area contributed by atoms with Gasteiger partial charge in [0.25, 0.3) is 0 Å². The van der Waals surface area contributed by atoms with E-state index in [0.29, 0.717) is 0 Å². The zero-order valence-corrected chi connectivity index (χ0v) is 32.5. The molecule has 0 radical (unpaired) electrons. The average molecular weight is 762 g/mol. The van der Waals surface area contributed by atoms with Gasteiger partial charge in [-0.25, -0.2) is 0 Å². The van der Waals surface area contributed by atoms with Gasteiger partial charge >= 0.3 is 0 Å². The van der Waals surface area contributed by atoms with E-state index in [2.05, 4.69) is 226 Å². The normalized spacial score (nSPS) is 13.5. The van der Waals surface area contributed by atoms with Gasteiger partial charge in [-0.05, 0) is 105 Å². The van der Waals surface area contributed by atoms with Gasteiger partial charge < -0.3 is 4.57 Å². The van der Waals surface area contributed by atoms with Crippen LogP contribution in [0.5, 0.6) is 0 Å². The van der Waals surface area contributed by atoms with E-state index in [1.807, 2.05) is 0 Å². The van der Waals surface area contributed by atoms with Crippen molar-refractivity contribution in [3.8, 4) is 44.8 Å². The molecule has 0 fully saturated rings. The van der Waals surface area contributed by atoms with Crippen LogP contribution in [0.4, 0.5) is 0 Å². The van der Waals surface area contributed by atoms with Gasteiger partial charge in [0.15, 0.2) is 0 Å². The fourth-order valence-corrected chi connectivity index (χ4v) is 11.5. The van der Waals surface area contributed by atoms with Crippen molar-refractivity contribution in [3.05, 3.63) is 235 Å². The molecule has 2 aliphatic carbocycles. The quantitative estimate of drug-likeness (QED) is 0.170. The third-order valence-electron chi connectivity index (χ3n) is 13.6. The van der Waals surface area contributed by atoms with Crippen LogP contribution in [0.1, 0.15) is 22.3 Å². The van der Waals surface area contributed by atoms with Crippen LogP contribution in [0.2, 0.25) is 0 Å².